The number of methoxy groups -OCH3 is 2. The molecule has 4 aromatic carbocycles. The SMILES string of the molecule is COCCN(CC(=O)N(CCc1c[nH]c2ccccc12)Cc1ccccc1OC)C(=O)c1ccc2ccccc2c1. The molecule has 0 aliphatic rings. The van der Waals surface area contributed by atoms with Gasteiger partial charge in [-0.1, -0.05) is 66.7 Å². The van der Waals surface area contributed by atoms with Crippen LogP contribution in [0, 0.1) is 0 Å². The molecule has 210 valence electrons. The minimum Gasteiger partial charge on any atom is -0.496 e. The summed E-state index contributed by atoms with van der Waals surface area (Å²) in [7, 11) is 3.22. The lowest BCUT2D eigenvalue weighted by molar-refractivity contribution is -0.132. The minimum atomic E-state index is -0.199. The topological polar surface area (TPSA) is 74.9 Å². The zero-order valence-electron chi connectivity index (χ0n) is 23.5. The number of benzene rings is 4. The van der Waals surface area contributed by atoms with E-state index in [1.807, 2.05) is 96.0 Å². The van der Waals surface area contributed by atoms with Crippen molar-refractivity contribution in [2.75, 3.05) is 40.5 Å². The number of fused-ring (bicyclic) bond motifs is 2. The average Bonchev–Trinajstić information content (AvgIpc) is 3.43. The van der Waals surface area contributed by atoms with Crippen LogP contribution < -0.4 is 4.74 Å². The predicted molar refractivity (Wildman–Crippen MR) is 162 cm³/mol. The molecule has 7 nitrogen and oxygen atoms in total. The van der Waals surface area contributed by atoms with E-state index in [1.165, 1.54) is 0 Å². The first-order chi connectivity index (χ1) is 20.1. The number of H-pyrrole nitrogens is 1. The molecule has 1 N–H and O–H groups in total. The summed E-state index contributed by atoms with van der Waals surface area (Å²) >= 11 is 0. The molecule has 0 atom stereocenters. The number of rotatable bonds is 12. The first-order valence-electron chi connectivity index (χ1n) is 13.8. The second kappa shape index (κ2) is 13.2. The largest absolute Gasteiger partial charge is 0.496 e. The molecule has 0 unspecified atom stereocenters. The Labute approximate surface area is 240 Å². The molecular weight excluding hydrogens is 514 g/mol. The van der Waals surface area contributed by atoms with E-state index in [2.05, 4.69) is 11.1 Å². The Morgan fingerprint density at radius 1 is 0.780 bits per heavy atom. The molecule has 5 rings (SSSR count). The van der Waals surface area contributed by atoms with E-state index in [9.17, 15) is 9.59 Å². The molecule has 7 heteroatoms. The van der Waals surface area contributed by atoms with Crippen molar-refractivity contribution in [1.29, 1.82) is 0 Å². The van der Waals surface area contributed by atoms with Crippen molar-refractivity contribution in [3.8, 4) is 5.75 Å². The summed E-state index contributed by atoms with van der Waals surface area (Å²) in [6.45, 7) is 1.43. The molecule has 0 fully saturated rings. The smallest absolute Gasteiger partial charge is 0.254 e. The first-order valence-corrected chi connectivity index (χ1v) is 13.8. The maximum Gasteiger partial charge on any atom is 0.254 e. The molecular formula is C34H35N3O4. The molecule has 1 aromatic heterocycles. The van der Waals surface area contributed by atoms with Gasteiger partial charge in [-0.15, -0.1) is 0 Å². The zero-order valence-corrected chi connectivity index (χ0v) is 23.5. The summed E-state index contributed by atoms with van der Waals surface area (Å²) in [4.78, 5) is 34.3. The molecule has 0 aliphatic carbocycles. The van der Waals surface area contributed by atoms with Crippen molar-refractivity contribution in [2.24, 2.45) is 0 Å². The Bertz CT molecular complexity index is 1640. The lowest BCUT2D eigenvalue weighted by Gasteiger charge is -2.28. The Morgan fingerprint density at radius 3 is 2.37 bits per heavy atom. The van der Waals surface area contributed by atoms with Gasteiger partial charge in [0.2, 0.25) is 5.91 Å². The Kier molecular flexibility index (Phi) is 8.96. The number of nitrogens with zero attached hydrogens (tertiary/aromatic N) is 2. The predicted octanol–water partition coefficient (Wildman–Crippen LogP) is 5.69. The number of aromatic amines is 1. The third kappa shape index (κ3) is 6.58. The van der Waals surface area contributed by atoms with E-state index < -0.39 is 0 Å². The summed E-state index contributed by atoms with van der Waals surface area (Å²) in [5, 5.41) is 3.18. The van der Waals surface area contributed by atoms with Crippen LogP contribution in [-0.2, 0) is 22.5 Å². The van der Waals surface area contributed by atoms with Gasteiger partial charge in [0.05, 0.1) is 13.7 Å². The fourth-order valence-corrected chi connectivity index (χ4v) is 5.15. The van der Waals surface area contributed by atoms with Gasteiger partial charge in [0.15, 0.2) is 0 Å². The monoisotopic (exact) mass is 549 g/mol. The van der Waals surface area contributed by atoms with Crippen molar-refractivity contribution in [1.82, 2.24) is 14.8 Å². The van der Waals surface area contributed by atoms with Crippen molar-refractivity contribution < 1.29 is 19.1 Å². The van der Waals surface area contributed by atoms with Gasteiger partial charge >= 0.3 is 0 Å². The Morgan fingerprint density at radius 2 is 1.54 bits per heavy atom. The standard InChI is InChI=1S/C34H35N3O4/c1-40-20-19-37(34(39)27-16-15-25-9-3-4-10-26(25)21-27)24-33(38)36(23-29-11-5-8-14-32(29)41-2)18-17-28-22-35-31-13-7-6-12-30(28)31/h3-16,21-22,35H,17-20,23-24H2,1-2H3. The molecule has 0 saturated carbocycles. The number of aromatic nitrogens is 1. The van der Waals surface area contributed by atoms with Crippen molar-refractivity contribution in [3.05, 3.63) is 114 Å². The quantitative estimate of drug-likeness (QED) is 0.217. The highest BCUT2D eigenvalue weighted by atomic mass is 16.5. The van der Waals surface area contributed by atoms with Crippen LogP contribution in [0.1, 0.15) is 21.5 Å². The lowest BCUT2D eigenvalue weighted by Crippen LogP contribution is -2.44. The fourth-order valence-electron chi connectivity index (χ4n) is 5.15. The number of para-hydroxylation sites is 2. The second-order valence-corrected chi connectivity index (χ2v) is 10.0. The highest BCUT2D eigenvalue weighted by Gasteiger charge is 2.24. The molecule has 0 saturated heterocycles. The number of hydrogen-bond acceptors (Lipinski definition) is 4. The highest BCUT2D eigenvalue weighted by Crippen LogP contribution is 2.22. The highest BCUT2D eigenvalue weighted by molar-refractivity contribution is 6.00. The van der Waals surface area contributed by atoms with Crippen molar-refractivity contribution >= 4 is 33.5 Å². The number of nitrogens with one attached hydrogen (secondary N) is 1. The van der Waals surface area contributed by atoms with Crippen LogP contribution >= 0.6 is 0 Å². The van der Waals surface area contributed by atoms with E-state index in [0.717, 1.165) is 38.6 Å². The second-order valence-electron chi connectivity index (χ2n) is 10.0. The Hall–Kier alpha value is -4.62. The van der Waals surface area contributed by atoms with Crippen LogP contribution in [-0.4, -0.2) is 67.1 Å². The molecule has 1 heterocycles. The van der Waals surface area contributed by atoms with Gasteiger partial charge in [-0.25, -0.2) is 0 Å². The molecule has 0 aliphatic heterocycles. The number of ether oxygens (including phenoxy) is 2. The van der Waals surface area contributed by atoms with Crippen LogP contribution in [0.2, 0.25) is 0 Å². The number of carbonyl (C=O) groups is 2. The van der Waals surface area contributed by atoms with Gasteiger partial charge in [-0.3, -0.25) is 9.59 Å². The van der Waals surface area contributed by atoms with Crippen LogP contribution in [0.15, 0.2) is 97.2 Å². The maximum atomic E-state index is 13.9. The van der Waals surface area contributed by atoms with Crippen LogP contribution in [0.25, 0.3) is 21.7 Å². The number of amides is 2. The van der Waals surface area contributed by atoms with E-state index in [0.29, 0.717) is 38.2 Å². The Balaban J connectivity index is 1.39. The fraction of sp³-hybridized carbons (Fsp3) is 0.235. The summed E-state index contributed by atoms with van der Waals surface area (Å²) in [6, 6.07) is 29.4. The average molecular weight is 550 g/mol. The van der Waals surface area contributed by atoms with Crippen LogP contribution in [0.3, 0.4) is 0 Å². The van der Waals surface area contributed by atoms with Crippen molar-refractivity contribution in [3.63, 3.8) is 0 Å². The van der Waals surface area contributed by atoms with Gasteiger partial charge in [-0.05, 0) is 47.0 Å². The summed E-state index contributed by atoms with van der Waals surface area (Å²) < 4.78 is 10.9. The zero-order chi connectivity index (χ0) is 28.6. The van der Waals surface area contributed by atoms with Gasteiger partial charge in [0, 0.05) is 55.0 Å². The van der Waals surface area contributed by atoms with Crippen LogP contribution in [0.4, 0.5) is 0 Å². The minimum absolute atomic E-state index is 0.0575. The van der Waals surface area contributed by atoms with Gasteiger partial charge in [-0.2, -0.15) is 0 Å². The molecule has 2 amide bonds. The molecule has 0 spiro atoms. The molecule has 0 radical (unpaired) electrons. The van der Waals surface area contributed by atoms with Gasteiger partial charge < -0.3 is 24.3 Å². The summed E-state index contributed by atoms with van der Waals surface area (Å²) in [6.07, 6.45) is 2.67. The van der Waals surface area contributed by atoms with Gasteiger partial charge in [0.25, 0.3) is 5.91 Å². The summed E-state index contributed by atoms with van der Waals surface area (Å²) in [5.41, 5.74) is 3.66. The van der Waals surface area contributed by atoms with E-state index in [-0.39, 0.29) is 18.4 Å². The molecule has 41 heavy (non-hydrogen) atoms. The summed E-state index contributed by atoms with van der Waals surface area (Å²) in [5.74, 6) is 0.386. The van der Waals surface area contributed by atoms with E-state index >= 15 is 0 Å². The van der Waals surface area contributed by atoms with Crippen LogP contribution in [0.5, 0.6) is 5.75 Å². The molecule has 0 bridgehead atoms. The maximum absolute atomic E-state index is 13.9. The van der Waals surface area contributed by atoms with E-state index in [4.69, 9.17) is 9.47 Å². The number of hydrogen-bond donors (Lipinski definition) is 1. The first kappa shape index (κ1) is 27.9. The third-order valence-electron chi connectivity index (χ3n) is 7.41. The van der Waals surface area contributed by atoms with Crippen molar-refractivity contribution in [2.45, 2.75) is 13.0 Å². The third-order valence-corrected chi connectivity index (χ3v) is 7.41. The van der Waals surface area contributed by atoms with E-state index in [1.54, 1.807) is 19.1 Å². The number of carbonyl (C=O) groups excluding carboxylic acids is 2. The van der Waals surface area contributed by atoms with Gasteiger partial charge in [0.1, 0.15) is 12.3 Å². The molecule has 5 aromatic rings. The lowest BCUT2D eigenvalue weighted by atomic mass is 10.1. The normalized spacial score (nSPS) is 11.1.